The predicted molar refractivity (Wildman–Crippen MR) is 85.6 cm³/mol. The molecule has 24 heavy (non-hydrogen) atoms. The molecule has 2 aromatic rings. The van der Waals surface area contributed by atoms with E-state index < -0.39 is 17.4 Å². The Hall–Kier alpha value is -2.75. The van der Waals surface area contributed by atoms with Crippen molar-refractivity contribution in [1.82, 2.24) is 9.55 Å². The number of amides is 1. The van der Waals surface area contributed by atoms with Crippen LogP contribution in [-0.2, 0) is 23.2 Å². The summed E-state index contributed by atoms with van der Waals surface area (Å²) in [5.41, 5.74) is 0.186. The molecule has 1 N–H and O–H groups in total. The summed E-state index contributed by atoms with van der Waals surface area (Å²) in [4.78, 5) is 15.7. The lowest BCUT2D eigenvalue weighted by molar-refractivity contribution is -0.141. The van der Waals surface area contributed by atoms with E-state index in [1.807, 2.05) is 20.8 Å². The van der Waals surface area contributed by atoms with Gasteiger partial charge in [-0.1, -0.05) is 45.0 Å². The minimum atomic E-state index is -3.73. The average Bonchev–Trinajstić information content (AvgIpc) is 2.87. The van der Waals surface area contributed by atoms with Crippen molar-refractivity contribution in [3.63, 3.8) is 0 Å². The molecular formula is C17H18F2N4O. The van der Waals surface area contributed by atoms with Crippen LogP contribution in [0.4, 0.5) is 14.6 Å². The molecule has 0 saturated heterocycles. The van der Waals surface area contributed by atoms with Crippen molar-refractivity contribution < 1.29 is 13.6 Å². The van der Waals surface area contributed by atoms with Crippen LogP contribution in [0.2, 0.25) is 0 Å². The maximum Gasteiger partial charge on any atom is 0.350 e. The van der Waals surface area contributed by atoms with E-state index in [4.69, 9.17) is 5.26 Å². The van der Waals surface area contributed by atoms with E-state index in [0.29, 0.717) is 0 Å². The molecule has 0 fully saturated rings. The number of nitriles is 1. The van der Waals surface area contributed by atoms with Crippen molar-refractivity contribution in [3.05, 3.63) is 47.4 Å². The van der Waals surface area contributed by atoms with Gasteiger partial charge in [0.25, 0.3) is 0 Å². The Bertz CT molecular complexity index is 795. The zero-order valence-corrected chi connectivity index (χ0v) is 13.9. The Kier molecular flexibility index (Phi) is 4.43. The molecule has 0 spiro atoms. The van der Waals surface area contributed by atoms with Crippen LogP contribution in [0.25, 0.3) is 0 Å². The maximum atomic E-state index is 14.4. The fraction of sp³-hybridized carbons (Fsp3) is 0.353. The van der Waals surface area contributed by atoms with Crippen molar-refractivity contribution in [2.75, 3.05) is 5.32 Å². The molecule has 7 heteroatoms. The molecule has 1 aromatic heterocycles. The van der Waals surface area contributed by atoms with Crippen molar-refractivity contribution in [3.8, 4) is 6.07 Å². The normalized spacial score (nSPS) is 11.9. The van der Waals surface area contributed by atoms with Crippen LogP contribution in [0.3, 0.4) is 0 Å². The molecule has 1 aromatic carbocycles. The van der Waals surface area contributed by atoms with Crippen LogP contribution in [0, 0.1) is 11.3 Å². The summed E-state index contributed by atoms with van der Waals surface area (Å²) in [7, 11) is 1.50. The minimum absolute atomic E-state index is 0.0616. The number of halogens is 2. The van der Waals surface area contributed by atoms with Gasteiger partial charge < -0.3 is 9.88 Å². The van der Waals surface area contributed by atoms with E-state index in [2.05, 4.69) is 10.3 Å². The number of hydrogen-bond donors (Lipinski definition) is 1. The van der Waals surface area contributed by atoms with Gasteiger partial charge in [0.1, 0.15) is 6.07 Å². The quantitative estimate of drug-likeness (QED) is 0.937. The van der Waals surface area contributed by atoms with Gasteiger partial charge in [0, 0.05) is 12.6 Å². The highest BCUT2D eigenvalue weighted by atomic mass is 19.3. The monoisotopic (exact) mass is 332 g/mol. The molecule has 0 unspecified atom stereocenters. The molecule has 2 rings (SSSR count). The molecule has 0 saturated carbocycles. The third-order valence-corrected chi connectivity index (χ3v) is 3.67. The average molecular weight is 332 g/mol. The number of rotatable bonds is 3. The molecule has 1 amide bonds. The SMILES string of the molecule is Cn1cnc(C#N)c1NC(=O)C(F)(F)c1ccc(C(C)(C)C)cc1. The number of nitrogens with one attached hydrogen (secondary N) is 1. The molecule has 0 atom stereocenters. The lowest BCUT2D eigenvalue weighted by Crippen LogP contribution is -2.33. The van der Waals surface area contributed by atoms with E-state index in [1.165, 1.54) is 30.1 Å². The Morgan fingerprint density at radius 3 is 2.25 bits per heavy atom. The largest absolute Gasteiger partial charge is 0.350 e. The van der Waals surface area contributed by atoms with Crippen LogP contribution in [0.5, 0.6) is 0 Å². The third kappa shape index (κ3) is 3.27. The van der Waals surface area contributed by atoms with E-state index in [9.17, 15) is 13.6 Å². The molecule has 0 aliphatic heterocycles. The van der Waals surface area contributed by atoms with Gasteiger partial charge in [-0.15, -0.1) is 0 Å². The van der Waals surface area contributed by atoms with Crippen LogP contribution >= 0.6 is 0 Å². The summed E-state index contributed by atoms with van der Waals surface area (Å²) in [6, 6.07) is 7.40. The highest BCUT2D eigenvalue weighted by Crippen LogP contribution is 2.32. The van der Waals surface area contributed by atoms with Gasteiger partial charge in [0.15, 0.2) is 11.5 Å². The number of imidazole rings is 1. The first-order valence-corrected chi connectivity index (χ1v) is 7.29. The zero-order chi connectivity index (χ0) is 18.1. The second kappa shape index (κ2) is 6.04. The topological polar surface area (TPSA) is 70.7 Å². The summed E-state index contributed by atoms with van der Waals surface area (Å²) >= 11 is 0. The van der Waals surface area contributed by atoms with E-state index in [1.54, 1.807) is 18.2 Å². The van der Waals surface area contributed by atoms with Crippen LogP contribution in [0.15, 0.2) is 30.6 Å². The zero-order valence-electron chi connectivity index (χ0n) is 13.9. The second-order valence-electron chi connectivity index (χ2n) is 6.52. The number of carbonyl (C=O) groups excluding carboxylic acids is 1. The fourth-order valence-electron chi connectivity index (χ4n) is 2.16. The summed E-state index contributed by atoms with van der Waals surface area (Å²) < 4.78 is 30.1. The minimum Gasteiger partial charge on any atom is -0.319 e. The Morgan fingerprint density at radius 2 is 1.75 bits per heavy atom. The predicted octanol–water partition coefficient (Wildman–Crippen LogP) is 3.32. The smallest absolute Gasteiger partial charge is 0.319 e. The van der Waals surface area contributed by atoms with Crippen LogP contribution < -0.4 is 5.32 Å². The van der Waals surface area contributed by atoms with Crippen molar-refractivity contribution in [1.29, 1.82) is 5.26 Å². The molecule has 0 radical (unpaired) electrons. The number of aryl methyl sites for hydroxylation is 1. The van der Waals surface area contributed by atoms with Crippen LogP contribution in [-0.4, -0.2) is 15.5 Å². The van der Waals surface area contributed by atoms with Gasteiger partial charge in [-0.3, -0.25) is 4.79 Å². The highest BCUT2D eigenvalue weighted by molar-refractivity contribution is 5.96. The summed E-state index contributed by atoms with van der Waals surface area (Å²) in [5.74, 6) is -5.30. The van der Waals surface area contributed by atoms with E-state index >= 15 is 0 Å². The Labute approximate surface area is 138 Å². The molecule has 0 aliphatic rings. The number of alkyl halides is 2. The summed E-state index contributed by atoms with van der Waals surface area (Å²) in [6.07, 6.45) is 1.27. The standard InChI is InChI=1S/C17H18F2N4O/c1-16(2,3)11-5-7-12(8-6-11)17(18,19)15(24)22-14-13(9-20)21-10-23(14)4/h5-8,10H,1-4H3,(H,22,24). The second-order valence-corrected chi connectivity index (χ2v) is 6.52. The van der Waals surface area contributed by atoms with Gasteiger partial charge in [0.2, 0.25) is 0 Å². The molecule has 126 valence electrons. The van der Waals surface area contributed by atoms with E-state index in [0.717, 1.165) is 5.56 Å². The van der Waals surface area contributed by atoms with Crippen molar-refractivity contribution >= 4 is 11.7 Å². The molecule has 0 bridgehead atoms. The van der Waals surface area contributed by atoms with Crippen LogP contribution in [0.1, 0.15) is 37.6 Å². The number of aromatic nitrogens is 2. The lowest BCUT2D eigenvalue weighted by atomic mass is 9.86. The molecular weight excluding hydrogens is 314 g/mol. The van der Waals surface area contributed by atoms with E-state index in [-0.39, 0.29) is 16.9 Å². The highest BCUT2D eigenvalue weighted by Gasteiger charge is 2.41. The number of hydrogen-bond acceptors (Lipinski definition) is 3. The fourth-order valence-corrected chi connectivity index (χ4v) is 2.16. The third-order valence-electron chi connectivity index (χ3n) is 3.67. The number of nitrogens with zero attached hydrogens (tertiary/aromatic N) is 3. The number of anilines is 1. The number of benzene rings is 1. The van der Waals surface area contributed by atoms with Crippen molar-refractivity contribution in [2.45, 2.75) is 32.1 Å². The first kappa shape index (κ1) is 17.6. The Morgan fingerprint density at radius 1 is 1.21 bits per heavy atom. The molecule has 1 heterocycles. The van der Waals surface area contributed by atoms with Gasteiger partial charge in [-0.2, -0.15) is 14.0 Å². The lowest BCUT2D eigenvalue weighted by Gasteiger charge is -2.21. The maximum absolute atomic E-state index is 14.4. The van der Waals surface area contributed by atoms with Gasteiger partial charge in [-0.25, -0.2) is 4.98 Å². The number of carbonyl (C=O) groups is 1. The Balaban J connectivity index is 2.28. The molecule has 5 nitrogen and oxygen atoms in total. The summed E-state index contributed by atoms with van der Waals surface area (Å²) in [5, 5.41) is 11.0. The van der Waals surface area contributed by atoms with Crippen molar-refractivity contribution in [2.24, 2.45) is 7.05 Å². The summed E-state index contributed by atoms with van der Waals surface area (Å²) in [6.45, 7) is 5.91. The molecule has 0 aliphatic carbocycles. The first-order chi connectivity index (χ1) is 11.1. The first-order valence-electron chi connectivity index (χ1n) is 7.29. The van der Waals surface area contributed by atoms with Gasteiger partial charge in [-0.05, 0) is 11.0 Å². The van der Waals surface area contributed by atoms with Gasteiger partial charge in [0.05, 0.1) is 6.33 Å². The van der Waals surface area contributed by atoms with Gasteiger partial charge >= 0.3 is 11.8 Å².